The van der Waals surface area contributed by atoms with Crippen molar-refractivity contribution in [2.45, 2.75) is 13.0 Å². The van der Waals surface area contributed by atoms with Crippen molar-refractivity contribution in [3.05, 3.63) is 35.9 Å². The van der Waals surface area contributed by atoms with E-state index >= 15 is 0 Å². The molecule has 1 aliphatic heterocycles. The molecule has 1 fully saturated rings. The van der Waals surface area contributed by atoms with Crippen LogP contribution in [0.2, 0.25) is 0 Å². The number of likely N-dealkylation sites (N-methyl/N-ethyl adjacent to an activating group) is 2. The van der Waals surface area contributed by atoms with Crippen molar-refractivity contribution < 1.29 is 14.3 Å². The third-order valence-electron chi connectivity index (χ3n) is 4.04. The minimum Gasteiger partial charge on any atom is -0.450 e. The average molecular weight is 319 g/mol. The van der Waals surface area contributed by atoms with Crippen LogP contribution in [0.1, 0.15) is 18.5 Å². The zero-order chi connectivity index (χ0) is 16.8. The van der Waals surface area contributed by atoms with Gasteiger partial charge in [0.25, 0.3) is 0 Å². The third-order valence-corrected chi connectivity index (χ3v) is 4.04. The summed E-state index contributed by atoms with van der Waals surface area (Å²) in [4.78, 5) is 29.8. The Morgan fingerprint density at radius 3 is 2.61 bits per heavy atom. The molecule has 6 nitrogen and oxygen atoms in total. The van der Waals surface area contributed by atoms with E-state index in [4.69, 9.17) is 4.74 Å². The maximum absolute atomic E-state index is 12.7. The average Bonchev–Trinajstić information content (AvgIpc) is 2.55. The van der Waals surface area contributed by atoms with Crippen LogP contribution in [0, 0.1) is 0 Å². The van der Waals surface area contributed by atoms with E-state index in [9.17, 15) is 9.59 Å². The summed E-state index contributed by atoms with van der Waals surface area (Å²) >= 11 is 0. The quantitative estimate of drug-likeness (QED) is 0.846. The molecule has 6 heteroatoms. The summed E-state index contributed by atoms with van der Waals surface area (Å²) in [7, 11) is 3.64. The molecule has 0 spiro atoms. The molecule has 0 radical (unpaired) electrons. The van der Waals surface area contributed by atoms with Gasteiger partial charge in [-0.3, -0.25) is 4.79 Å². The van der Waals surface area contributed by atoms with Gasteiger partial charge in [-0.2, -0.15) is 0 Å². The molecule has 1 aliphatic rings. The fourth-order valence-electron chi connectivity index (χ4n) is 2.77. The van der Waals surface area contributed by atoms with Gasteiger partial charge in [0.15, 0.2) is 0 Å². The molecule has 0 aromatic heterocycles. The number of piperazine rings is 1. The molecule has 0 N–H and O–H groups in total. The Hall–Kier alpha value is -2.08. The van der Waals surface area contributed by atoms with Crippen molar-refractivity contribution in [2.75, 3.05) is 46.9 Å². The Morgan fingerprint density at radius 1 is 1.26 bits per heavy atom. The van der Waals surface area contributed by atoms with Crippen LogP contribution in [0.4, 0.5) is 4.79 Å². The summed E-state index contributed by atoms with van der Waals surface area (Å²) in [5.74, 6) is -0.0532. The van der Waals surface area contributed by atoms with E-state index < -0.39 is 6.09 Å². The summed E-state index contributed by atoms with van der Waals surface area (Å²) in [6, 6.07) is 10.0. The van der Waals surface area contributed by atoms with Crippen molar-refractivity contribution in [3.63, 3.8) is 0 Å². The number of carbonyl (C=O) groups excluding carboxylic acids is 2. The lowest BCUT2D eigenvalue weighted by atomic mass is 10.0. The lowest BCUT2D eigenvalue weighted by molar-refractivity contribution is -0.136. The Morgan fingerprint density at radius 2 is 1.96 bits per heavy atom. The van der Waals surface area contributed by atoms with Gasteiger partial charge in [0.2, 0.25) is 5.91 Å². The molecule has 0 bridgehead atoms. The molecular formula is C17H25N3O3. The van der Waals surface area contributed by atoms with Gasteiger partial charge in [-0.15, -0.1) is 0 Å². The summed E-state index contributed by atoms with van der Waals surface area (Å²) in [5.41, 5.74) is 1.12. The molecule has 126 valence electrons. The second-order valence-corrected chi connectivity index (χ2v) is 5.83. The monoisotopic (exact) mass is 319 g/mol. The van der Waals surface area contributed by atoms with Crippen molar-refractivity contribution in [3.8, 4) is 0 Å². The van der Waals surface area contributed by atoms with Crippen molar-refractivity contribution in [1.29, 1.82) is 0 Å². The van der Waals surface area contributed by atoms with Crippen LogP contribution in [0.15, 0.2) is 30.3 Å². The molecule has 1 atom stereocenters. The Bertz CT molecular complexity index is 535. The fraction of sp³-hybridized carbons (Fsp3) is 0.529. The molecule has 1 saturated heterocycles. The Balaban J connectivity index is 2.08. The van der Waals surface area contributed by atoms with E-state index in [1.807, 2.05) is 35.2 Å². The second kappa shape index (κ2) is 7.97. The zero-order valence-corrected chi connectivity index (χ0v) is 14.1. The highest BCUT2D eigenvalue weighted by molar-refractivity contribution is 5.82. The van der Waals surface area contributed by atoms with E-state index in [-0.39, 0.29) is 18.5 Å². The minimum absolute atomic E-state index is 0.0121. The van der Waals surface area contributed by atoms with Crippen LogP contribution >= 0.6 is 0 Å². The number of hydrogen-bond acceptors (Lipinski definition) is 4. The van der Waals surface area contributed by atoms with E-state index in [0.29, 0.717) is 13.2 Å². The first-order valence-corrected chi connectivity index (χ1v) is 7.93. The largest absolute Gasteiger partial charge is 0.450 e. The maximum Gasteiger partial charge on any atom is 0.409 e. The predicted molar refractivity (Wildman–Crippen MR) is 88.0 cm³/mol. The standard InChI is InChI=1S/C17H25N3O3/c1-4-23-17(22)19(3)13-16(21)20-11-10-18(2)12-15(20)14-8-6-5-7-9-14/h5-9,15H,4,10-13H2,1-3H3/t15-/m1/s1. The van der Waals surface area contributed by atoms with E-state index in [1.54, 1.807) is 14.0 Å². The summed E-state index contributed by atoms with van der Waals surface area (Å²) in [6.45, 7) is 4.37. The summed E-state index contributed by atoms with van der Waals surface area (Å²) in [5, 5.41) is 0. The second-order valence-electron chi connectivity index (χ2n) is 5.83. The molecule has 23 heavy (non-hydrogen) atoms. The zero-order valence-electron chi connectivity index (χ0n) is 14.1. The molecule has 2 rings (SSSR count). The van der Waals surface area contributed by atoms with Gasteiger partial charge < -0.3 is 19.4 Å². The molecule has 1 aromatic carbocycles. The maximum atomic E-state index is 12.7. The van der Waals surface area contributed by atoms with Gasteiger partial charge in [-0.1, -0.05) is 30.3 Å². The predicted octanol–water partition coefficient (Wildman–Crippen LogP) is 1.59. The third kappa shape index (κ3) is 4.45. The molecule has 1 heterocycles. The van der Waals surface area contributed by atoms with Crippen molar-refractivity contribution in [2.24, 2.45) is 0 Å². The van der Waals surface area contributed by atoms with Gasteiger partial charge in [0, 0.05) is 26.7 Å². The van der Waals surface area contributed by atoms with Crippen LogP contribution in [0.3, 0.4) is 0 Å². The van der Waals surface area contributed by atoms with Crippen molar-refractivity contribution in [1.82, 2.24) is 14.7 Å². The van der Waals surface area contributed by atoms with Gasteiger partial charge in [0.1, 0.15) is 6.54 Å². The van der Waals surface area contributed by atoms with Crippen LogP contribution in [-0.4, -0.2) is 73.6 Å². The van der Waals surface area contributed by atoms with E-state index in [2.05, 4.69) is 11.9 Å². The smallest absolute Gasteiger partial charge is 0.409 e. The number of nitrogens with zero attached hydrogens (tertiary/aromatic N) is 3. The van der Waals surface area contributed by atoms with Gasteiger partial charge in [-0.05, 0) is 19.5 Å². The van der Waals surface area contributed by atoms with E-state index in [1.165, 1.54) is 4.90 Å². The van der Waals surface area contributed by atoms with Gasteiger partial charge in [0.05, 0.1) is 12.6 Å². The van der Waals surface area contributed by atoms with Crippen LogP contribution < -0.4 is 0 Å². The molecule has 1 aromatic rings. The molecular weight excluding hydrogens is 294 g/mol. The molecule has 2 amide bonds. The lowest BCUT2D eigenvalue weighted by Gasteiger charge is -2.40. The van der Waals surface area contributed by atoms with Gasteiger partial charge >= 0.3 is 6.09 Å². The first kappa shape index (κ1) is 17.3. The number of benzene rings is 1. The Kier molecular flexibility index (Phi) is 5.98. The normalized spacial score (nSPS) is 18.6. The van der Waals surface area contributed by atoms with Crippen LogP contribution in [-0.2, 0) is 9.53 Å². The number of hydrogen-bond donors (Lipinski definition) is 0. The number of ether oxygens (including phenoxy) is 1. The first-order chi connectivity index (χ1) is 11.0. The number of rotatable bonds is 4. The fourth-order valence-corrected chi connectivity index (χ4v) is 2.77. The SMILES string of the molecule is CCOC(=O)N(C)CC(=O)N1CCN(C)C[C@@H]1c1ccccc1. The molecule has 0 aliphatic carbocycles. The van der Waals surface area contributed by atoms with Crippen molar-refractivity contribution >= 4 is 12.0 Å². The highest BCUT2D eigenvalue weighted by Gasteiger charge is 2.31. The lowest BCUT2D eigenvalue weighted by Crippen LogP contribution is -2.52. The topological polar surface area (TPSA) is 53.1 Å². The van der Waals surface area contributed by atoms with Crippen LogP contribution in [0.25, 0.3) is 0 Å². The first-order valence-electron chi connectivity index (χ1n) is 7.93. The molecule has 0 unspecified atom stereocenters. The summed E-state index contributed by atoms with van der Waals surface area (Å²) in [6.07, 6.45) is -0.466. The molecule has 0 saturated carbocycles. The number of carbonyl (C=O) groups is 2. The Labute approximate surface area is 137 Å². The van der Waals surface area contributed by atoms with E-state index in [0.717, 1.165) is 18.7 Å². The van der Waals surface area contributed by atoms with Crippen LogP contribution in [0.5, 0.6) is 0 Å². The summed E-state index contributed by atoms with van der Waals surface area (Å²) < 4.78 is 4.93. The minimum atomic E-state index is -0.466. The van der Waals surface area contributed by atoms with Gasteiger partial charge in [-0.25, -0.2) is 4.79 Å². The highest BCUT2D eigenvalue weighted by Crippen LogP contribution is 2.25. The number of amides is 2. The highest BCUT2D eigenvalue weighted by atomic mass is 16.6.